The van der Waals surface area contributed by atoms with Crippen LogP contribution in [0.25, 0.3) is 0 Å². The maximum absolute atomic E-state index is 12.0. The van der Waals surface area contributed by atoms with E-state index in [1.165, 1.54) is 0 Å². The molecule has 1 amide bonds. The predicted octanol–water partition coefficient (Wildman–Crippen LogP) is 1.14. The van der Waals surface area contributed by atoms with Crippen LogP contribution in [-0.4, -0.2) is 37.0 Å². The van der Waals surface area contributed by atoms with Crippen LogP contribution in [0.1, 0.15) is 25.5 Å². The van der Waals surface area contributed by atoms with Gasteiger partial charge in [0, 0.05) is 12.1 Å². The van der Waals surface area contributed by atoms with Gasteiger partial charge in [0.2, 0.25) is 5.91 Å². The minimum atomic E-state index is -0.607. The Kier molecular flexibility index (Phi) is 4.87. The van der Waals surface area contributed by atoms with Crippen LogP contribution in [0.3, 0.4) is 0 Å². The van der Waals surface area contributed by atoms with Gasteiger partial charge in [-0.1, -0.05) is 30.3 Å². The van der Waals surface area contributed by atoms with E-state index in [-0.39, 0.29) is 11.4 Å². The van der Waals surface area contributed by atoms with Crippen molar-refractivity contribution >= 4 is 5.91 Å². The Morgan fingerprint density at radius 3 is 2.39 bits per heavy atom. The van der Waals surface area contributed by atoms with Gasteiger partial charge in [-0.2, -0.15) is 0 Å². The summed E-state index contributed by atoms with van der Waals surface area (Å²) in [6.45, 7) is 4.71. The van der Waals surface area contributed by atoms with E-state index < -0.39 is 6.04 Å². The molecule has 18 heavy (non-hydrogen) atoms. The number of nitrogens with zero attached hydrogens (tertiary/aromatic N) is 1. The lowest BCUT2D eigenvalue weighted by Gasteiger charge is -2.33. The average Bonchev–Trinajstić information content (AvgIpc) is 2.36. The van der Waals surface area contributed by atoms with Crippen LogP contribution in [0.5, 0.6) is 0 Å². The zero-order chi connectivity index (χ0) is 13.8. The number of benzene rings is 1. The van der Waals surface area contributed by atoms with Gasteiger partial charge in [0.05, 0.1) is 0 Å². The fraction of sp³-hybridized carbons (Fsp3) is 0.500. The van der Waals surface area contributed by atoms with Gasteiger partial charge in [-0.05, 0) is 33.5 Å². The number of nitrogens with two attached hydrogens (primary N) is 1. The predicted molar refractivity (Wildman–Crippen MR) is 74.1 cm³/mol. The fourth-order valence-electron chi connectivity index (χ4n) is 1.38. The molecule has 0 heterocycles. The molecule has 0 radical (unpaired) electrons. The summed E-state index contributed by atoms with van der Waals surface area (Å²) in [6, 6.07) is 8.79. The molecule has 0 aliphatic heterocycles. The highest BCUT2D eigenvalue weighted by atomic mass is 16.2. The van der Waals surface area contributed by atoms with Crippen molar-refractivity contribution in [2.75, 3.05) is 20.6 Å². The summed E-state index contributed by atoms with van der Waals surface area (Å²) in [5, 5.41) is 2.90. The van der Waals surface area contributed by atoms with Crippen molar-refractivity contribution in [3.05, 3.63) is 35.9 Å². The first-order valence-corrected chi connectivity index (χ1v) is 6.10. The quantitative estimate of drug-likeness (QED) is 0.823. The number of carbonyl (C=O) groups excluding carboxylic acids is 1. The fourth-order valence-corrected chi connectivity index (χ4v) is 1.38. The molecular weight excluding hydrogens is 226 g/mol. The third-order valence-electron chi connectivity index (χ3n) is 3.35. The molecule has 0 spiro atoms. The lowest BCUT2D eigenvalue weighted by molar-refractivity contribution is -0.123. The van der Waals surface area contributed by atoms with Crippen LogP contribution in [0.2, 0.25) is 0 Å². The van der Waals surface area contributed by atoms with E-state index in [9.17, 15) is 4.79 Å². The van der Waals surface area contributed by atoms with E-state index in [1.807, 2.05) is 44.4 Å². The zero-order valence-electron chi connectivity index (χ0n) is 11.6. The van der Waals surface area contributed by atoms with Gasteiger partial charge in [-0.15, -0.1) is 0 Å². The minimum absolute atomic E-state index is 0.0912. The maximum atomic E-state index is 12.0. The van der Waals surface area contributed by atoms with Gasteiger partial charge in [0.15, 0.2) is 0 Å². The molecule has 0 aromatic heterocycles. The van der Waals surface area contributed by atoms with Crippen LogP contribution in [0.4, 0.5) is 0 Å². The summed E-state index contributed by atoms with van der Waals surface area (Å²) in [4.78, 5) is 14.0. The standard InChI is InChI=1S/C14H23N3O/c1-14(2,17(3)4)10-16-13(18)12(15)11-8-6-5-7-9-11/h5-9,12H,10,15H2,1-4H3,(H,16,18). The Bertz CT molecular complexity index is 387. The molecule has 0 fully saturated rings. The topological polar surface area (TPSA) is 58.4 Å². The molecular formula is C14H23N3O. The molecule has 4 nitrogen and oxygen atoms in total. The Morgan fingerprint density at radius 1 is 1.33 bits per heavy atom. The molecule has 0 saturated heterocycles. The third kappa shape index (κ3) is 3.82. The molecule has 1 rings (SSSR count). The van der Waals surface area contributed by atoms with Crippen LogP contribution in [0, 0.1) is 0 Å². The van der Waals surface area contributed by atoms with Crippen LogP contribution >= 0.6 is 0 Å². The highest BCUT2D eigenvalue weighted by Crippen LogP contribution is 2.11. The second kappa shape index (κ2) is 5.98. The van der Waals surface area contributed by atoms with Gasteiger partial charge in [0.1, 0.15) is 6.04 Å². The number of rotatable bonds is 5. The van der Waals surface area contributed by atoms with E-state index >= 15 is 0 Å². The molecule has 0 aliphatic carbocycles. The smallest absolute Gasteiger partial charge is 0.241 e. The van der Waals surface area contributed by atoms with Crippen molar-refractivity contribution in [2.45, 2.75) is 25.4 Å². The summed E-state index contributed by atoms with van der Waals surface area (Å²) >= 11 is 0. The molecule has 100 valence electrons. The largest absolute Gasteiger partial charge is 0.353 e. The van der Waals surface area contributed by atoms with Gasteiger partial charge in [-0.3, -0.25) is 4.79 Å². The Hall–Kier alpha value is -1.39. The molecule has 4 heteroatoms. The number of likely N-dealkylation sites (N-methyl/N-ethyl adjacent to an activating group) is 1. The number of nitrogens with one attached hydrogen (secondary N) is 1. The normalized spacial score (nSPS) is 13.4. The van der Waals surface area contributed by atoms with E-state index in [2.05, 4.69) is 24.1 Å². The monoisotopic (exact) mass is 249 g/mol. The van der Waals surface area contributed by atoms with Gasteiger partial charge < -0.3 is 16.0 Å². The zero-order valence-corrected chi connectivity index (χ0v) is 11.6. The Balaban J connectivity index is 2.57. The van der Waals surface area contributed by atoms with Crippen LogP contribution in [0.15, 0.2) is 30.3 Å². The van der Waals surface area contributed by atoms with Crippen LogP contribution in [-0.2, 0) is 4.79 Å². The number of hydrogen-bond donors (Lipinski definition) is 2. The third-order valence-corrected chi connectivity index (χ3v) is 3.35. The second-order valence-electron chi connectivity index (χ2n) is 5.31. The number of carbonyl (C=O) groups is 1. The van der Waals surface area contributed by atoms with Crippen molar-refractivity contribution in [3.8, 4) is 0 Å². The molecule has 0 saturated carbocycles. The van der Waals surface area contributed by atoms with Crippen molar-refractivity contribution in [2.24, 2.45) is 5.73 Å². The van der Waals surface area contributed by atoms with Crippen molar-refractivity contribution < 1.29 is 4.79 Å². The van der Waals surface area contributed by atoms with E-state index in [1.54, 1.807) is 0 Å². The second-order valence-corrected chi connectivity index (χ2v) is 5.31. The maximum Gasteiger partial charge on any atom is 0.241 e. The van der Waals surface area contributed by atoms with Crippen molar-refractivity contribution in [1.82, 2.24) is 10.2 Å². The molecule has 0 aliphatic rings. The Labute approximate surface area is 109 Å². The molecule has 1 atom stereocenters. The van der Waals surface area contributed by atoms with Gasteiger partial charge in [0.25, 0.3) is 0 Å². The highest BCUT2D eigenvalue weighted by Gasteiger charge is 2.23. The first-order valence-electron chi connectivity index (χ1n) is 6.10. The lowest BCUT2D eigenvalue weighted by atomic mass is 10.0. The summed E-state index contributed by atoms with van der Waals surface area (Å²) in [7, 11) is 3.98. The number of hydrogen-bond acceptors (Lipinski definition) is 3. The van der Waals surface area contributed by atoms with Gasteiger partial charge >= 0.3 is 0 Å². The Morgan fingerprint density at radius 2 is 1.89 bits per heavy atom. The van der Waals surface area contributed by atoms with E-state index in [0.29, 0.717) is 6.54 Å². The summed E-state index contributed by atoms with van der Waals surface area (Å²) in [5.74, 6) is -0.142. The minimum Gasteiger partial charge on any atom is -0.353 e. The molecule has 0 bridgehead atoms. The first kappa shape index (κ1) is 14.7. The van der Waals surface area contributed by atoms with Crippen molar-refractivity contribution in [3.63, 3.8) is 0 Å². The molecule has 3 N–H and O–H groups in total. The lowest BCUT2D eigenvalue weighted by Crippen LogP contribution is -2.49. The van der Waals surface area contributed by atoms with Crippen molar-refractivity contribution in [1.29, 1.82) is 0 Å². The molecule has 1 aromatic rings. The highest BCUT2D eigenvalue weighted by molar-refractivity contribution is 5.82. The SMILES string of the molecule is CN(C)C(C)(C)CNC(=O)C(N)c1ccccc1. The van der Waals surface area contributed by atoms with Gasteiger partial charge in [-0.25, -0.2) is 0 Å². The molecule has 1 aromatic carbocycles. The summed E-state index contributed by atoms with van der Waals surface area (Å²) < 4.78 is 0. The number of amides is 1. The molecule has 1 unspecified atom stereocenters. The average molecular weight is 249 g/mol. The first-order chi connectivity index (χ1) is 8.34. The summed E-state index contributed by atoms with van der Waals surface area (Å²) in [6.07, 6.45) is 0. The van der Waals surface area contributed by atoms with E-state index in [0.717, 1.165) is 5.56 Å². The van der Waals surface area contributed by atoms with Crippen LogP contribution < -0.4 is 11.1 Å². The van der Waals surface area contributed by atoms with E-state index in [4.69, 9.17) is 5.73 Å². The summed E-state index contributed by atoms with van der Waals surface area (Å²) in [5.41, 5.74) is 6.66.